The van der Waals surface area contributed by atoms with E-state index in [4.69, 9.17) is 0 Å². The van der Waals surface area contributed by atoms with Gasteiger partial charge in [0, 0.05) is 60.0 Å². The number of benzene rings is 2. The second-order valence-electron chi connectivity index (χ2n) is 10.4. The van der Waals surface area contributed by atoms with E-state index in [-0.39, 0.29) is 5.69 Å². The van der Waals surface area contributed by atoms with Crippen LogP contribution in [0, 0.1) is 26.9 Å². The van der Waals surface area contributed by atoms with Gasteiger partial charge in [-0.1, -0.05) is 49.4 Å². The minimum Gasteiger partial charge on any atom is -0.549 e. The fourth-order valence-electron chi connectivity index (χ4n) is 6.68. The van der Waals surface area contributed by atoms with Gasteiger partial charge in [0.05, 0.1) is 10.9 Å². The number of likely N-dealkylation sites (tertiary alicyclic amines) is 1. The molecule has 2 aliphatic heterocycles. The van der Waals surface area contributed by atoms with Crippen molar-refractivity contribution in [2.45, 2.75) is 51.7 Å². The first-order chi connectivity index (χ1) is 17.0. The average Bonchev–Trinajstić information content (AvgIpc) is 3.30. The molecular weight excluding hydrogens is 462 g/mol. The van der Waals surface area contributed by atoms with Gasteiger partial charge in [-0.3, -0.25) is 15.0 Å². The Labute approximate surface area is 210 Å². The van der Waals surface area contributed by atoms with Gasteiger partial charge < -0.3 is 25.1 Å². The molecule has 2 aromatic carbocycles. The van der Waals surface area contributed by atoms with Crippen molar-refractivity contribution in [2.75, 3.05) is 13.1 Å². The van der Waals surface area contributed by atoms with Gasteiger partial charge in [0.25, 0.3) is 5.69 Å². The molecule has 9 heteroatoms. The van der Waals surface area contributed by atoms with E-state index in [0.717, 1.165) is 5.56 Å². The third kappa shape index (κ3) is 4.06. The van der Waals surface area contributed by atoms with E-state index in [1.807, 2.05) is 30.3 Å². The average molecular weight is 494 g/mol. The Kier molecular flexibility index (Phi) is 6.90. The zero-order valence-electron chi connectivity index (χ0n) is 20.7. The molecule has 0 spiro atoms. The number of carboxylic acid groups (broad SMARTS) is 2. The first kappa shape index (κ1) is 25.8. The van der Waals surface area contributed by atoms with Crippen LogP contribution in [-0.4, -0.2) is 46.9 Å². The number of carboxylic acids is 2. The van der Waals surface area contributed by atoms with Crippen LogP contribution >= 0.6 is 0 Å². The van der Waals surface area contributed by atoms with Crippen LogP contribution in [0.15, 0.2) is 54.6 Å². The number of carbonyl (C=O) groups excluding carboxylic acids is 2. The number of hydrogen-bond donors (Lipinski definition) is 1. The van der Waals surface area contributed by atoms with E-state index >= 15 is 0 Å². The van der Waals surface area contributed by atoms with Crippen molar-refractivity contribution in [3.8, 4) is 0 Å². The molecule has 2 aliphatic rings. The van der Waals surface area contributed by atoms with E-state index in [1.54, 1.807) is 19.9 Å². The van der Waals surface area contributed by atoms with E-state index in [9.17, 15) is 29.9 Å². The van der Waals surface area contributed by atoms with Gasteiger partial charge in [0.15, 0.2) is 0 Å². The molecular formula is C27H31N3O6-2. The van der Waals surface area contributed by atoms with Gasteiger partial charge in [-0.15, -0.1) is 0 Å². The Morgan fingerprint density at radius 2 is 1.75 bits per heavy atom. The number of nitro benzene ring substituents is 1. The highest BCUT2D eigenvalue weighted by molar-refractivity contribution is 5.82. The minimum absolute atomic E-state index is 0.226. The van der Waals surface area contributed by atoms with Gasteiger partial charge >= 0.3 is 0 Å². The molecule has 6 unspecified atom stereocenters. The largest absolute Gasteiger partial charge is 0.549 e. The number of nitro groups is 1. The molecule has 0 aromatic heterocycles. The molecule has 2 aromatic rings. The topological polar surface area (TPSA) is 139 Å². The maximum absolute atomic E-state index is 13.2. The van der Waals surface area contributed by atoms with Crippen LogP contribution in [0.5, 0.6) is 0 Å². The fourth-order valence-corrected chi connectivity index (χ4v) is 6.68. The van der Waals surface area contributed by atoms with E-state index in [0.29, 0.717) is 31.6 Å². The Balaban J connectivity index is 1.85. The summed E-state index contributed by atoms with van der Waals surface area (Å²) < 4.78 is 0. The predicted octanol–water partition coefficient (Wildman–Crippen LogP) is 1.07. The fraction of sp³-hybridized carbons (Fsp3) is 0.481. The van der Waals surface area contributed by atoms with Crippen molar-refractivity contribution in [3.63, 3.8) is 0 Å². The number of non-ortho nitro benzene ring substituents is 1. The van der Waals surface area contributed by atoms with Gasteiger partial charge in [-0.05, 0) is 43.9 Å². The summed E-state index contributed by atoms with van der Waals surface area (Å²) in [5.74, 6) is -4.34. The van der Waals surface area contributed by atoms with Crippen molar-refractivity contribution in [1.82, 2.24) is 10.2 Å². The Bertz CT molecular complexity index is 1160. The Morgan fingerprint density at radius 1 is 1.06 bits per heavy atom. The summed E-state index contributed by atoms with van der Waals surface area (Å²) in [5, 5.41) is 40.7. The lowest BCUT2D eigenvalue weighted by Crippen LogP contribution is -2.74. The third-order valence-corrected chi connectivity index (χ3v) is 8.60. The van der Waals surface area contributed by atoms with Crippen LogP contribution in [0.2, 0.25) is 0 Å². The van der Waals surface area contributed by atoms with Crippen molar-refractivity contribution < 1.29 is 24.7 Å². The second kappa shape index (κ2) is 9.63. The standard InChI is InChI=1S/C27H33N3O6/c1-17-26(3,24(31)32)23(20-10-7-11-22(14-20)30(35)36)27(25(33)34,18(2)28-17)21-12-13-29(16-21)15-19-8-5-4-6-9-19/h4-11,14,17-18,21,23,28H,12-13,15-16H2,1-3H3,(H,31,32)(H,33,34)/p-2. The molecule has 192 valence electrons. The summed E-state index contributed by atoms with van der Waals surface area (Å²) in [7, 11) is 0. The number of hydrogen-bond acceptors (Lipinski definition) is 8. The van der Waals surface area contributed by atoms with Crippen LogP contribution in [-0.2, 0) is 16.1 Å². The predicted molar refractivity (Wildman–Crippen MR) is 128 cm³/mol. The molecule has 4 rings (SSSR count). The lowest BCUT2D eigenvalue weighted by atomic mass is 9.48. The zero-order chi connectivity index (χ0) is 26.3. The molecule has 0 bridgehead atoms. The molecule has 2 saturated heterocycles. The van der Waals surface area contributed by atoms with Gasteiger partial charge in [-0.25, -0.2) is 0 Å². The molecule has 1 N–H and O–H groups in total. The zero-order valence-corrected chi connectivity index (χ0v) is 20.7. The maximum Gasteiger partial charge on any atom is 0.269 e. The summed E-state index contributed by atoms with van der Waals surface area (Å²) in [6, 6.07) is 14.2. The molecule has 6 atom stereocenters. The van der Waals surface area contributed by atoms with Crippen molar-refractivity contribution in [3.05, 3.63) is 75.8 Å². The normalized spacial score (nSPS) is 32.8. The quantitative estimate of drug-likeness (QED) is 0.446. The van der Waals surface area contributed by atoms with E-state index in [2.05, 4.69) is 10.2 Å². The van der Waals surface area contributed by atoms with Crippen molar-refractivity contribution in [1.29, 1.82) is 0 Å². The lowest BCUT2D eigenvalue weighted by Gasteiger charge is -2.62. The molecule has 0 aliphatic carbocycles. The van der Waals surface area contributed by atoms with Crippen LogP contribution in [0.4, 0.5) is 5.69 Å². The summed E-state index contributed by atoms with van der Waals surface area (Å²) in [6.45, 7) is 6.61. The molecule has 2 heterocycles. The smallest absolute Gasteiger partial charge is 0.269 e. The first-order valence-corrected chi connectivity index (χ1v) is 12.2. The maximum atomic E-state index is 13.2. The van der Waals surface area contributed by atoms with Crippen LogP contribution in [0.3, 0.4) is 0 Å². The van der Waals surface area contributed by atoms with Crippen LogP contribution in [0.25, 0.3) is 0 Å². The number of nitrogens with one attached hydrogen (secondary N) is 1. The lowest BCUT2D eigenvalue weighted by molar-refractivity contribution is -0.385. The molecule has 0 radical (unpaired) electrons. The summed E-state index contributed by atoms with van der Waals surface area (Å²) in [4.78, 5) is 39.1. The van der Waals surface area contributed by atoms with Gasteiger partial charge in [0.2, 0.25) is 0 Å². The van der Waals surface area contributed by atoms with Gasteiger partial charge in [-0.2, -0.15) is 0 Å². The summed E-state index contributed by atoms with van der Waals surface area (Å²) in [5.41, 5.74) is -2.16. The first-order valence-electron chi connectivity index (χ1n) is 12.2. The molecule has 0 amide bonds. The number of carbonyl (C=O) groups is 2. The second-order valence-corrected chi connectivity index (χ2v) is 10.4. The molecule has 2 fully saturated rings. The monoisotopic (exact) mass is 493 g/mol. The van der Waals surface area contributed by atoms with Crippen LogP contribution in [0.1, 0.15) is 44.2 Å². The number of piperidine rings is 1. The highest BCUT2D eigenvalue weighted by Crippen LogP contribution is 2.59. The van der Waals surface area contributed by atoms with E-state index in [1.165, 1.54) is 25.1 Å². The molecule has 9 nitrogen and oxygen atoms in total. The number of rotatable bonds is 7. The Hall–Kier alpha value is -3.30. The molecule has 36 heavy (non-hydrogen) atoms. The Morgan fingerprint density at radius 3 is 2.36 bits per heavy atom. The number of aliphatic carboxylic acids is 2. The number of nitrogens with zero attached hydrogens (tertiary/aromatic N) is 2. The highest BCUT2D eigenvalue weighted by atomic mass is 16.6. The minimum atomic E-state index is -1.67. The van der Waals surface area contributed by atoms with Crippen molar-refractivity contribution in [2.24, 2.45) is 16.7 Å². The molecule has 0 saturated carbocycles. The van der Waals surface area contributed by atoms with Crippen LogP contribution < -0.4 is 15.5 Å². The van der Waals surface area contributed by atoms with E-state index < -0.39 is 51.6 Å². The summed E-state index contributed by atoms with van der Waals surface area (Å²) in [6.07, 6.45) is 0.524. The third-order valence-electron chi connectivity index (χ3n) is 8.60. The van der Waals surface area contributed by atoms with Gasteiger partial charge in [0.1, 0.15) is 0 Å². The highest BCUT2D eigenvalue weighted by Gasteiger charge is 2.63. The SMILES string of the molecule is CC1NC(C)C(C(=O)[O-])(C2CCN(Cc3ccccc3)C2)C(c2cccc([N+](=O)[O-])c2)C1(C)C(=O)[O-]. The summed E-state index contributed by atoms with van der Waals surface area (Å²) >= 11 is 0. The van der Waals surface area contributed by atoms with Crippen molar-refractivity contribution >= 4 is 17.6 Å².